The molecule has 19 heavy (non-hydrogen) atoms. The van der Waals surface area contributed by atoms with E-state index in [1.54, 1.807) is 12.4 Å². The second-order valence-corrected chi connectivity index (χ2v) is 5.21. The number of hydrogen-bond donors (Lipinski definition) is 1. The summed E-state index contributed by atoms with van der Waals surface area (Å²) in [5.41, 5.74) is 0.974. The van der Waals surface area contributed by atoms with Crippen LogP contribution in [0, 0.1) is 5.92 Å². The number of alkyl halides is 3. The largest absolute Gasteiger partial charge is 0.393 e. The highest BCUT2D eigenvalue weighted by Gasteiger charge is 2.45. The first kappa shape index (κ1) is 14.3. The van der Waals surface area contributed by atoms with E-state index in [1.165, 1.54) is 0 Å². The van der Waals surface area contributed by atoms with Crippen LogP contribution in [0.1, 0.15) is 44.2 Å². The Balaban J connectivity index is 2.04. The highest BCUT2D eigenvalue weighted by molar-refractivity contribution is 5.14. The van der Waals surface area contributed by atoms with Gasteiger partial charge in [-0.3, -0.25) is 4.98 Å². The van der Waals surface area contributed by atoms with Gasteiger partial charge in [0.15, 0.2) is 0 Å². The zero-order valence-electron chi connectivity index (χ0n) is 11.0. The van der Waals surface area contributed by atoms with Crippen LogP contribution in [-0.4, -0.2) is 17.2 Å². The molecule has 1 aromatic heterocycles. The average Bonchev–Trinajstić information content (AvgIpc) is 2.39. The summed E-state index contributed by atoms with van der Waals surface area (Å²) in [4.78, 5) is 3.92. The lowest BCUT2D eigenvalue weighted by Gasteiger charge is -2.35. The van der Waals surface area contributed by atoms with E-state index in [-0.39, 0.29) is 12.5 Å². The molecule has 1 N–H and O–H groups in total. The van der Waals surface area contributed by atoms with Crippen LogP contribution in [0.4, 0.5) is 13.2 Å². The summed E-state index contributed by atoms with van der Waals surface area (Å²) in [5, 5.41) is 3.14. The Kier molecular flexibility index (Phi) is 4.45. The summed E-state index contributed by atoms with van der Waals surface area (Å²) in [6.07, 6.45) is 1.60. The summed E-state index contributed by atoms with van der Waals surface area (Å²) < 4.78 is 39.0. The smallest absolute Gasteiger partial charge is 0.307 e. The molecule has 106 valence electrons. The van der Waals surface area contributed by atoms with Crippen molar-refractivity contribution in [2.24, 2.45) is 5.92 Å². The van der Waals surface area contributed by atoms with Crippen molar-refractivity contribution in [1.82, 2.24) is 10.3 Å². The zero-order valence-corrected chi connectivity index (χ0v) is 11.0. The van der Waals surface area contributed by atoms with Gasteiger partial charge in [0.05, 0.1) is 5.92 Å². The third-order valence-corrected chi connectivity index (χ3v) is 3.86. The number of hydrogen-bond acceptors (Lipinski definition) is 2. The monoisotopic (exact) mass is 272 g/mol. The Morgan fingerprint density at radius 2 is 1.84 bits per heavy atom. The summed E-state index contributed by atoms with van der Waals surface area (Å²) in [7, 11) is 0. The summed E-state index contributed by atoms with van der Waals surface area (Å²) in [6.45, 7) is 1.90. The molecule has 0 saturated heterocycles. The van der Waals surface area contributed by atoms with Gasteiger partial charge in [0.1, 0.15) is 0 Å². The van der Waals surface area contributed by atoms with Crippen LogP contribution >= 0.6 is 0 Å². The highest BCUT2D eigenvalue weighted by Crippen LogP contribution is 2.38. The van der Waals surface area contributed by atoms with E-state index >= 15 is 0 Å². The van der Waals surface area contributed by atoms with E-state index in [0.29, 0.717) is 12.8 Å². The minimum Gasteiger partial charge on any atom is -0.307 e. The molecule has 0 bridgehead atoms. The number of aromatic nitrogens is 1. The average molecular weight is 272 g/mol. The molecular weight excluding hydrogens is 253 g/mol. The lowest BCUT2D eigenvalue weighted by molar-refractivity contribution is -0.189. The molecule has 5 heteroatoms. The zero-order chi connectivity index (χ0) is 13.9. The molecule has 0 radical (unpaired) electrons. The predicted molar refractivity (Wildman–Crippen MR) is 67.6 cm³/mol. The maximum atomic E-state index is 13.0. The quantitative estimate of drug-likeness (QED) is 0.904. The van der Waals surface area contributed by atoms with Crippen molar-refractivity contribution >= 4 is 0 Å². The van der Waals surface area contributed by atoms with E-state index in [1.807, 2.05) is 19.1 Å². The van der Waals surface area contributed by atoms with Gasteiger partial charge in [0, 0.05) is 24.5 Å². The summed E-state index contributed by atoms with van der Waals surface area (Å²) >= 11 is 0. The minimum atomic E-state index is -4.10. The fourth-order valence-corrected chi connectivity index (χ4v) is 2.79. The molecule has 3 atom stereocenters. The van der Waals surface area contributed by atoms with Gasteiger partial charge < -0.3 is 5.32 Å². The molecule has 2 rings (SSSR count). The van der Waals surface area contributed by atoms with Crippen LogP contribution in [0.15, 0.2) is 24.5 Å². The number of rotatable bonds is 3. The molecule has 2 nitrogen and oxygen atoms in total. The highest BCUT2D eigenvalue weighted by atomic mass is 19.4. The van der Waals surface area contributed by atoms with Gasteiger partial charge in [-0.2, -0.15) is 13.2 Å². The fraction of sp³-hybridized carbons (Fsp3) is 0.643. The van der Waals surface area contributed by atoms with Crippen molar-refractivity contribution in [2.45, 2.75) is 50.9 Å². The minimum absolute atomic E-state index is 0.0871. The van der Waals surface area contributed by atoms with E-state index in [2.05, 4.69) is 10.3 Å². The van der Waals surface area contributed by atoms with E-state index in [4.69, 9.17) is 0 Å². The van der Waals surface area contributed by atoms with Gasteiger partial charge in [-0.25, -0.2) is 0 Å². The van der Waals surface area contributed by atoms with E-state index in [0.717, 1.165) is 12.0 Å². The Bertz CT molecular complexity index is 391. The van der Waals surface area contributed by atoms with Crippen molar-refractivity contribution in [3.05, 3.63) is 30.1 Å². The van der Waals surface area contributed by atoms with Gasteiger partial charge in [-0.15, -0.1) is 0 Å². The Morgan fingerprint density at radius 1 is 1.21 bits per heavy atom. The molecule has 0 spiro atoms. The van der Waals surface area contributed by atoms with Gasteiger partial charge >= 0.3 is 6.18 Å². The third-order valence-electron chi connectivity index (χ3n) is 3.86. The number of halogens is 3. The first-order valence-corrected chi connectivity index (χ1v) is 6.71. The second-order valence-electron chi connectivity index (χ2n) is 5.21. The van der Waals surface area contributed by atoms with Crippen LogP contribution in [0.3, 0.4) is 0 Å². The maximum Gasteiger partial charge on any atom is 0.393 e. The lowest BCUT2D eigenvalue weighted by atomic mass is 9.83. The van der Waals surface area contributed by atoms with Crippen molar-refractivity contribution in [2.75, 3.05) is 0 Å². The molecule has 0 aromatic carbocycles. The molecule has 1 heterocycles. The van der Waals surface area contributed by atoms with Gasteiger partial charge in [0.2, 0.25) is 0 Å². The third kappa shape index (κ3) is 3.69. The molecule has 2 unspecified atom stereocenters. The molecule has 0 aliphatic heterocycles. The molecule has 1 fully saturated rings. The molecule has 1 saturated carbocycles. The predicted octanol–water partition coefficient (Wildman–Crippen LogP) is 3.85. The van der Waals surface area contributed by atoms with Crippen LogP contribution in [-0.2, 0) is 0 Å². The van der Waals surface area contributed by atoms with Gasteiger partial charge in [0.25, 0.3) is 0 Å². The van der Waals surface area contributed by atoms with Crippen LogP contribution in [0.5, 0.6) is 0 Å². The van der Waals surface area contributed by atoms with Crippen LogP contribution in [0.25, 0.3) is 0 Å². The molecule has 1 aliphatic rings. The Labute approximate surface area is 111 Å². The molecule has 0 amide bonds. The molecular formula is C14H19F3N2. The second kappa shape index (κ2) is 5.90. The van der Waals surface area contributed by atoms with Crippen LogP contribution < -0.4 is 5.32 Å². The van der Waals surface area contributed by atoms with Crippen molar-refractivity contribution in [3.8, 4) is 0 Å². The number of nitrogens with one attached hydrogen (secondary N) is 1. The topological polar surface area (TPSA) is 24.9 Å². The van der Waals surface area contributed by atoms with E-state index in [9.17, 15) is 13.2 Å². The number of pyridine rings is 1. The first-order chi connectivity index (χ1) is 8.98. The maximum absolute atomic E-state index is 13.0. The van der Waals surface area contributed by atoms with E-state index < -0.39 is 18.1 Å². The Hall–Kier alpha value is -1.10. The number of nitrogens with zero attached hydrogens (tertiary/aromatic N) is 1. The summed E-state index contributed by atoms with van der Waals surface area (Å²) in [5.74, 6) is -1.22. The standard InChI is InChI=1S/C14H19F3N2/c1-10(11-6-8-18-9-7-11)19-13-5-3-2-4-12(13)14(15,16)17/h6-10,12-13,19H,2-5H2,1H3/t10-,12?,13?/m1/s1. The fourth-order valence-electron chi connectivity index (χ4n) is 2.79. The van der Waals surface area contributed by atoms with Gasteiger partial charge in [-0.05, 0) is 37.5 Å². The van der Waals surface area contributed by atoms with Gasteiger partial charge in [-0.1, -0.05) is 12.8 Å². The normalized spacial score (nSPS) is 26.1. The molecule has 1 aliphatic carbocycles. The summed E-state index contributed by atoms with van der Waals surface area (Å²) in [6, 6.07) is 3.11. The Morgan fingerprint density at radius 3 is 2.47 bits per heavy atom. The first-order valence-electron chi connectivity index (χ1n) is 6.71. The molecule has 1 aromatic rings. The van der Waals surface area contributed by atoms with Crippen LogP contribution in [0.2, 0.25) is 0 Å². The van der Waals surface area contributed by atoms with Crippen molar-refractivity contribution < 1.29 is 13.2 Å². The van der Waals surface area contributed by atoms with Crippen molar-refractivity contribution in [3.63, 3.8) is 0 Å². The lowest BCUT2D eigenvalue weighted by Crippen LogP contribution is -2.46. The SMILES string of the molecule is C[C@@H](NC1CCCCC1C(F)(F)F)c1ccncc1. The van der Waals surface area contributed by atoms with Crippen molar-refractivity contribution in [1.29, 1.82) is 0 Å².